The second kappa shape index (κ2) is 5.03. The summed E-state index contributed by atoms with van der Waals surface area (Å²) in [6.07, 6.45) is 0. The van der Waals surface area contributed by atoms with E-state index in [1.54, 1.807) is 13.8 Å². The van der Waals surface area contributed by atoms with Crippen LogP contribution < -0.4 is 0 Å². The van der Waals surface area contributed by atoms with Gasteiger partial charge in [0, 0.05) is 0 Å². The highest BCUT2D eigenvalue weighted by atomic mass is 19.1. The second-order valence-electron chi connectivity index (χ2n) is 7.53. The molecule has 0 aliphatic heterocycles. The lowest BCUT2D eigenvalue weighted by Gasteiger charge is -2.33. The van der Waals surface area contributed by atoms with Gasteiger partial charge < -0.3 is 5.11 Å². The molecule has 0 saturated heterocycles. The fourth-order valence-corrected chi connectivity index (χ4v) is 0. The van der Waals surface area contributed by atoms with Gasteiger partial charge in [-0.2, -0.15) is 0 Å². The predicted octanol–water partition coefficient (Wildman–Crippen LogP) is 4.58. The molecule has 0 aromatic carbocycles. The van der Waals surface area contributed by atoms with Gasteiger partial charge in [0.2, 0.25) is 0 Å². The molecule has 0 aliphatic carbocycles. The van der Waals surface area contributed by atoms with E-state index in [-0.39, 0.29) is 10.8 Å². The Morgan fingerprint density at radius 2 is 0.750 bits per heavy atom. The van der Waals surface area contributed by atoms with Crippen molar-refractivity contribution in [1.29, 1.82) is 0 Å². The molecule has 0 aliphatic rings. The maximum absolute atomic E-state index is 12.9. The van der Waals surface area contributed by atoms with Gasteiger partial charge in [0.05, 0.1) is 5.60 Å². The predicted molar refractivity (Wildman–Crippen MR) is 70.4 cm³/mol. The molecule has 0 saturated carbocycles. The smallest absolute Gasteiger partial charge is 0.110 e. The Hall–Kier alpha value is -0.110. The van der Waals surface area contributed by atoms with E-state index in [9.17, 15) is 9.50 Å². The first-order valence-electron chi connectivity index (χ1n) is 5.91. The minimum atomic E-state index is -1.06. The van der Waals surface area contributed by atoms with E-state index in [2.05, 4.69) is 0 Å². The van der Waals surface area contributed by atoms with Gasteiger partial charge in [0.1, 0.15) is 5.67 Å². The number of rotatable bonds is 0. The summed E-state index contributed by atoms with van der Waals surface area (Å²) >= 11 is 0. The normalized spacial score (nSPS) is 14.2. The molecule has 0 atom stereocenters. The standard InChI is InChI=1S/C7H15F.C7H16O/c2*1-6(2,3)7(4,5)8/h1-5H3;8H,1-5H3. The quantitative estimate of drug-likeness (QED) is 0.650. The van der Waals surface area contributed by atoms with E-state index in [1.165, 1.54) is 0 Å². The summed E-state index contributed by atoms with van der Waals surface area (Å²) < 4.78 is 12.9. The zero-order chi connectivity index (χ0) is 14.0. The van der Waals surface area contributed by atoms with E-state index >= 15 is 0 Å². The van der Waals surface area contributed by atoms with Gasteiger partial charge in [0.25, 0.3) is 0 Å². The Labute approximate surface area is 101 Å². The van der Waals surface area contributed by atoms with Gasteiger partial charge >= 0.3 is 0 Å². The van der Waals surface area contributed by atoms with Crippen molar-refractivity contribution in [1.82, 2.24) is 0 Å². The summed E-state index contributed by atoms with van der Waals surface area (Å²) in [6.45, 7) is 18.6. The van der Waals surface area contributed by atoms with Crippen LogP contribution >= 0.6 is 0 Å². The van der Waals surface area contributed by atoms with Gasteiger partial charge in [0.15, 0.2) is 0 Å². The van der Waals surface area contributed by atoms with Crippen molar-refractivity contribution in [2.24, 2.45) is 10.8 Å². The minimum absolute atomic E-state index is 0.00694. The summed E-state index contributed by atoms with van der Waals surface area (Å²) in [6, 6.07) is 0. The van der Waals surface area contributed by atoms with Crippen LogP contribution in [0.5, 0.6) is 0 Å². The Bertz CT molecular complexity index is 145. The Morgan fingerprint density at radius 3 is 0.750 bits per heavy atom. The van der Waals surface area contributed by atoms with Crippen LogP contribution in [0.1, 0.15) is 69.2 Å². The number of hydrogen-bond acceptors (Lipinski definition) is 1. The number of halogens is 1. The molecule has 1 N–H and O–H groups in total. The zero-order valence-corrected chi connectivity index (χ0v) is 12.8. The molecule has 0 rings (SSSR count). The largest absolute Gasteiger partial charge is 0.390 e. The molecule has 1 nitrogen and oxygen atoms in total. The van der Waals surface area contributed by atoms with Crippen LogP contribution in [0, 0.1) is 10.8 Å². The zero-order valence-electron chi connectivity index (χ0n) is 12.8. The maximum atomic E-state index is 12.9. The summed E-state index contributed by atoms with van der Waals surface area (Å²) in [7, 11) is 0. The third kappa shape index (κ3) is 7.21. The van der Waals surface area contributed by atoms with E-state index in [1.807, 2.05) is 55.4 Å². The molecule has 0 radical (unpaired) electrons. The van der Waals surface area contributed by atoms with Crippen molar-refractivity contribution < 1.29 is 9.50 Å². The highest BCUT2D eigenvalue weighted by Crippen LogP contribution is 2.32. The molecule has 0 heterocycles. The molecule has 16 heavy (non-hydrogen) atoms. The van der Waals surface area contributed by atoms with Crippen LogP contribution in [0.3, 0.4) is 0 Å². The maximum Gasteiger partial charge on any atom is 0.110 e. The fraction of sp³-hybridized carbons (Fsp3) is 1.00. The Kier molecular flexibility index (Phi) is 5.74. The summed E-state index contributed by atoms with van der Waals surface area (Å²) in [4.78, 5) is 0. The molecule has 0 unspecified atom stereocenters. The summed E-state index contributed by atoms with van der Waals surface area (Å²) in [5, 5.41) is 9.35. The molecular weight excluding hydrogens is 203 g/mol. The molecule has 100 valence electrons. The third-order valence-corrected chi connectivity index (χ3v) is 3.62. The molecule has 0 spiro atoms. The number of aliphatic hydroxyl groups is 1. The van der Waals surface area contributed by atoms with Crippen LogP contribution in [0.15, 0.2) is 0 Å². The summed E-state index contributed by atoms with van der Waals surface area (Å²) in [5.41, 5.74) is -1.86. The van der Waals surface area contributed by atoms with Gasteiger partial charge in [-0.25, -0.2) is 4.39 Å². The lowest BCUT2D eigenvalue weighted by atomic mass is 9.79. The van der Waals surface area contributed by atoms with E-state index in [0.717, 1.165) is 0 Å². The molecule has 0 aromatic heterocycles. The Morgan fingerprint density at radius 1 is 0.625 bits per heavy atom. The third-order valence-electron chi connectivity index (χ3n) is 3.62. The van der Waals surface area contributed by atoms with Crippen LogP contribution in [0.25, 0.3) is 0 Å². The average molecular weight is 234 g/mol. The van der Waals surface area contributed by atoms with Gasteiger partial charge in [-0.05, 0) is 38.5 Å². The molecule has 2 heteroatoms. The SMILES string of the molecule is CC(C)(C)C(C)(C)F.CC(C)(C)C(C)(C)O. The molecule has 0 fully saturated rings. The molecule has 0 amide bonds. The van der Waals surface area contributed by atoms with Gasteiger partial charge in [-0.1, -0.05) is 41.5 Å². The first kappa shape index (κ1) is 18.3. The van der Waals surface area contributed by atoms with E-state index in [4.69, 9.17) is 0 Å². The monoisotopic (exact) mass is 234 g/mol. The number of hydrogen-bond donors (Lipinski definition) is 1. The van der Waals surface area contributed by atoms with Crippen LogP contribution in [0.2, 0.25) is 0 Å². The lowest BCUT2D eigenvalue weighted by molar-refractivity contribution is -0.0238. The van der Waals surface area contributed by atoms with Crippen molar-refractivity contribution in [3.63, 3.8) is 0 Å². The molecule has 0 aromatic rings. The van der Waals surface area contributed by atoms with Gasteiger partial charge in [-0.3, -0.25) is 0 Å². The molecular formula is C14H31FO. The van der Waals surface area contributed by atoms with Crippen LogP contribution in [0.4, 0.5) is 4.39 Å². The van der Waals surface area contributed by atoms with Crippen molar-refractivity contribution in [2.75, 3.05) is 0 Å². The first-order chi connectivity index (χ1) is 6.50. The average Bonchev–Trinajstić information content (AvgIpc) is 1.77. The summed E-state index contributed by atoms with van der Waals surface area (Å²) in [5.74, 6) is 0. The lowest BCUT2D eigenvalue weighted by Crippen LogP contribution is -2.35. The second-order valence-corrected chi connectivity index (χ2v) is 7.53. The topological polar surface area (TPSA) is 20.2 Å². The first-order valence-corrected chi connectivity index (χ1v) is 5.91. The van der Waals surface area contributed by atoms with E-state index < -0.39 is 11.3 Å². The highest BCUT2D eigenvalue weighted by Gasteiger charge is 2.32. The van der Waals surface area contributed by atoms with Crippen LogP contribution in [-0.4, -0.2) is 16.4 Å². The van der Waals surface area contributed by atoms with Crippen molar-refractivity contribution in [3.8, 4) is 0 Å². The van der Waals surface area contributed by atoms with Gasteiger partial charge in [-0.15, -0.1) is 0 Å². The Balaban J connectivity index is 0. The van der Waals surface area contributed by atoms with Crippen molar-refractivity contribution >= 4 is 0 Å². The van der Waals surface area contributed by atoms with Crippen molar-refractivity contribution in [3.05, 3.63) is 0 Å². The fourth-order valence-electron chi connectivity index (χ4n) is 0. The minimum Gasteiger partial charge on any atom is -0.390 e. The van der Waals surface area contributed by atoms with Crippen LogP contribution in [-0.2, 0) is 0 Å². The van der Waals surface area contributed by atoms with E-state index in [0.29, 0.717) is 0 Å². The number of alkyl halides is 1. The van der Waals surface area contributed by atoms with Crippen molar-refractivity contribution in [2.45, 2.75) is 80.5 Å². The highest BCUT2D eigenvalue weighted by molar-refractivity contribution is 4.81. The molecule has 0 bridgehead atoms.